The molecule has 1 atom stereocenters. The van der Waals surface area contributed by atoms with Crippen LogP contribution in [0.3, 0.4) is 0 Å². The summed E-state index contributed by atoms with van der Waals surface area (Å²) >= 11 is 0. The van der Waals surface area contributed by atoms with Crippen LogP contribution in [0.1, 0.15) is 28.8 Å². The second-order valence-corrected chi connectivity index (χ2v) is 7.16. The Labute approximate surface area is 165 Å². The number of anilines is 1. The molecule has 1 aliphatic rings. The topological polar surface area (TPSA) is 73.0 Å². The van der Waals surface area contributed by atoms with Gasteiger partial charge in [0.2, 0.25) is 5.91 Å². The van der Waals surface area contributed by atoms with Crippen molar-refractivity contribution in [1.82, 2.24) is 15.1 Å². The summed E-state index contributed by atoms with van der Waals surface area (Å²) < 4.78 is 15.4. The molecule has 1 amide bonds. The second-order valence-electron chi connectivity index (χ2n) is 7.16. The van der Waals surface area contributed by atoms with Gasteiger partial charge in [-0.15, -0.1) is 0 Å². The molecule has 0 aliphatic carbocycles. The summed E-state index contributed by atoms with van der Waals surface area (Å²) in [6.45, 7) is 3.20. The number of nitrogens with one attached hydrogen (secondary N) is 1. The molecule has 1 saturated heterocycles. The number of carbonyl (C=O) groups excluding carboxylic acids is 3. The van der Waals surface area contributed by atoms with Crippen LogP contribution in [0.15, 0.2) is 12.1 Å². The molecule has 0 saturated carbocycles. The van der Waals surface area contributed by atoms with E-state index in [9.17, 15) is 14.4 Å². The number of amides is 1. The number of benzene rings is 1. The number of carbonyl (C=O) groups is 3. The van der Waals surface area contributed by atoms with Crippen LogP contribution in [0.4, 0.5) is 10.1 Å². The maximum atomic E-state index is 15.4. The number of hydrogen-bond acceptors (Lipinski definition) is 6. The van der Waals surface area contributed by atoms with Crippen LogP contribution in [0.5, 0.6) is 0 Å². The van der Waals surface area contributed by atoms with Crippen molar-refractivity contribution >= 4 is 24.2 Å². The molecule has 1 heterocycles. The number of aldehydes is 2. The van der Waals surface area contributed by atoms with Gasteiger partial charge in [0.1, 0.15) is 12.6 Å². The van der Waals surface area contributed by atoms with E-state index >= 15 is 4.39 Å². The first kappa shape index (κ1) is 22.0. The molecule has 28 heavy (non-hydrogen) atoms. The molecule has 1 fully saturated rings. The van der Waals surface area contributed by atoms with Crippen molar-refractivity contribution < 1.29 is 18.8 Å². The minimum atomic E-state index is -0.582. The minimum absolute atomic E-state index is 0.0957. The summed E-state index contributed by atoms with van der Waals surface area (Å²) in [5.74, 6) is -0.667. The van der Waals surface area contributed by atoms with Gasteiger partial charge in [0.05, 0.1) is 11.7 Å². The molecule has 154 valence electrons. The normalized spacial score (nSPS) is 16.1. The van der Waals surface area contributed by atoms with Gasteiger partial charge in [0.15, 0.2) is 5.82 Å². The molecular formula is C20H29FN4O3. The van der Waals surface area contributed by atoms with Gasteiger partial charge < -0.3 is 19.9 Å². The number of hydrogen-bond donors (Lipinski definition) is 1. The molecule has 0 spiro atoms. The fraction of sp³-hybridized carbons (Fsp3) is 0.550. The number of nitrogens with zero attached hydrogens (tertiary/aromatic N) is 3. The zero-order valence-electron chi connectivity index (χ0n) is 16.8. The molecule has 0 radical (unpaired) electrons. The molecular weight excluding hydrogens is 363 g/mol. The fourth-order valence-electron chi connectivity index (χ4n) is 3.49. The van der Waals surface area contributed by atoms with Crippen molar-refractivity contribution in [2.45, 2.75) is 25.4 Å². The monoisotopic (exact) mass is 392 g/mol. The van der Waals surface area contributed by atoms with Crippen molar-refractivity contribution in [2.24, 2.45) is 0 Å². The zero-order chi connectivity index (χ0) is 20.7. The lowest BCUT2D eigenvalue weighted by atomic mass is 10.0. The standard InChI is InChI=1S/C20H29FN4O3/c1-22-20(28)18(5-4-12-26)24(3)13-16-15(14-27)6-7-17(19(16)21)25-10-8-23(2)9-11-25/h6-7,12,14,18H,4-5,8-11,13H2,1-3H3,(H,22,28). The summed E-state index contributed by atoms with van der Waals surface area (Å²) in [4.78, 5) is 40.3. The SMILES string of the molecule is CNC(=O)C(CCC=O)N(C)Cc1c(C=O)ccc(N2CCN(C)CC2)c1F. The lowest BCUT2D eigenvalue weighted by molar-refractivity contribution is -0.126. The van der Waals surface area contributed by atoms with E-state index in [-0.39, 0.29) is 30.0 Å². The number of piperazine rings is 1. The molecule has 1 aromatic rings. The van der Waals surface area contributed by atoms with Crippen molar-refractivity contribution in [2.75, 3.05) is 52.2 Å². The van der Waals surface area contributed by atoms with E-state index in [4.69, 9.17) is 0 Å². The molecule has 1 N–H and O–H groups in total. The fourth-order valence-corrected chi connectivity index (χ4v) is 3.49. The van der Waals surface area contributed by atoms with Gasteiger partial charge in [-0.05, 0) is 32.6 Å². The Morgan fingerprint density at radius 3 is 2.54 bits per heavy atom. The van der Waals surface area contributed by atoms with Crippen LogP contribution in [0, 0.1) is 5.82 Å². The van der Waals surface area contributed by atoms with Crippen LogP contribution < -0.4 is 10.2 Å². The van der Waals surface area contributed by atoms with E-state index in [2.05, 4.69) is 10.2 Å². The first-order chi connectivity index (χ1) is 13.4. The van der Waals surface area contributed by atoms with Gasteiger partial charge in [-0.1, -0.05) is 0 Å². The lowest BCUT2D eigenvalue weighted by Crippen LogP contribution is -2.45. The van der Waals surface area contributed by atoms with Gasteiger partial charge >= 0.3 is 0 Å². The van der Waals surface area contributed by atoms with Crippen LogP contribution in [0.2, 0.25) is 0 Å². The Balaban J connectivity index is 2.29. The molecule has 1 aliphatic heterocycles. The van der Waals surface area contributed by atoms with Crippen LogP contribution in [-0.4, -0.2) is 81.6 Å². The minimum Gasteiger partial charge on any atom is -0.367 e. The number of likely N-dealkylation sites (N-methyl/N-ethyl adjacent to an activating group) is 3. The molecule has 0 bridgehead atoms. The lowest BCUT2D eigenvalue weighted by Gasteiger charge is -2.35. The summed E-state index contributed by atoms with van der Waals surface area (Å²) in [5.41, 5.74) is 1.02. The molecule has 1 aromatic carbocycles. The summed E-state index contributed by atoms with van der Waals surface area (Å²) in [6, 6.07) is 2.70. The third-order valence-corrected chi connectivity index (χ3v) is 5.28. The maximum Gasteiger partial charge on any atom is 0.237 e. The molecule has 0 aromatic heterocycles. The third kappa shape index (κ3) is 5.14. The van der Waals surface area contributed by atoms with Gasteiger partial charge in [-0.3, -0.25) is 14.5 Å². The van der Waals surface area contributed by atoms with Crippen molar-refractivity contribution in [3.8, 4) is 0 Å². The Bertz CT molecular complexity index is 705. The molecule has 1 unspecified atom stereocenters. The van der Waals surface area contributed by atoms with Crippen molar-refractivity contribution in [3.05, 3.63) is 29.1 Å². The van der Waals surface area contributed by atoms with Gasteiger partial charge in [-0.25, -0.2) is 4.39 Å². The van der Waals surface area contributed by atoms with E-state index < -0.39 is 11.9 Å². The van der Waals surface area contributed by atoms with Crippen LogP contribution in [0.25, 0.3) is 0 Å². The largest absolute Gasteiger partial charge is 0.367 e. The molecule has 8 heteroatoms. The maximum absolute atomic E-state index is 15.4. The zero-order valence-corrected chi connectivity index (χ0v) is 16.8. The first-order valence-electron chi connectivity index (χ1n) is 9.48. The van der Waals surface area contributed by atoms with Gasteiger partial charge in [0, 0.05) is 57.3 Å². The van der Waals surface area contributed by atoms with Crippen LogP contribution in [-0.2, 0) is 16.1 Å². The van der Waals surface area contributed by atoms with E-state index in [0.717, 1.165) is 19.4 Å². The third-order valence-electron chi connectivity index (χ3n) is 5.28. The van der Waals surface area contributed by atoms with E-state index in [1.807, 2.05) is 11.9 Å². The Hall–Kier alpha value is -2.32. The molecule has 7 nitrogen and oxygen atoms in total. The Morgan fingerprint density at radius 1 is 1.29 bits per heavy atom. The number of halogens is 1. The quantitative estimate of drug-likeness (QED) is 0.630. The smallest absolute Gasteiger partial charge is 0.237 e. The van der Waals surface area contributed by atoms with E-state index in [1.165, 1.54) is 7.05 Å². The van der Waals surface area contributed by atoms with Crippen molar-refractivity contribution in [3.63, 3.8) is 0 Å². The highest BCUT2D eigenvalue weighted by atomic mass is 19.1. The highest BCUT2D eigenvalue weighted by Crippen LogP contribution is 2.27. The highest BCUT2D eigenvalue weighted by Gasteiger charge is 2.26. The van der Waals surface area contributed by atoms with Crippen LogP contribution >= 0.6 is 0 Å². The number of rotatable bonds is 9. The Kier molecular flexibility index (Phi) is 8.07. The average Bonchev–Trinajstić information content (AvgIpc) is 2.70. The predicted molar refractivity (Wildman–Crippen MR) is 106 cm³/mol. The first-order valence-corrected chi connectivity index (χ1v) is 9.48. The summed E-state index contributed by atoms with van der Waals surface area (Å²) in [6.07, 6.45) is 1.96. The second kappa shape index (κ2) is 10.3. The van der Waals surface area contributed by atoms with E-state index in [1.54, 1.807) is 24.1 Å². The summed E-state index contributed by atoms with van der Waals surface area (Å²) in [5, 5.41) is 2.58. The summed E-state index contributed by atoms with van der Waals surface area (Å²) in [7, 11) is 5.25. The molecule has 2 rings (SSSR count). The average molecular weight is 392 g/mol. The Morgan fingerprint density at radius 2 is 1.96 bits per heavy atom. The predicted octanol–water partition coefficient (Wildman–Crippen LogP) is 0.915. The van der Waals surface area contributed by atoms with Gasteiger partial charge in [0.25, 0.3) is 0 Å². The van der Waals surface area contributed by atoms with Gasteiger partial charge in [-0.2, -0.15) is 0 Å². The van der Waals surface area contributed by atoms with E-state index in [0.29, 0.717) is 31.5 Å². The highest BCUT2D eigenvalue weighted by molar-refractivity contribution is 5.82. The van der Waals surface area contributed by atoms with Crippen molar-refractivity contribution in [1.29, 1.82) is 0 Å².